The molecular formula is C17H19ClN4O3S. The number of hydrogen-bond acceptors (Lipinski definition) is 6. The van der Waals surface area contributed by atoms with Gasteiger partial charge in [0.25, 0.3) is 0 Å². The number of halogens is 1. The number of methoxy groups -OCH3 is 1. The SMILES string of the molecule is CNC(=O)N1CCOc2ncc(NSc3cc(Cl)ccc3OC)cc2C1. The first-order valence-electron chi connectivity index (χ1n) is 7.95. The van der Waals surface area contributed by atoms with Gasteiger partial charge in [-0.1, -0.05) is 11.6 Å². The molecule has 26 heavy (non-hydrogen) atoms. The number of fused-ring (bicyclic) bond motifs is 1. The summed E-state index contributed by atoms with van der Waals surface area (Å²) in [6.45, 7) is 1.35. The number of ether oxygens (including phenoxy) is 2. The predicted molar refractivity (Wildman–Crippen MR) is 102 cm³/mol. The molecule has 0 bridgehead atoms. The van der Waals surface area contributed by atoms with Gasteiger partial charge in [0.05, 0.1) is 37.0 Å². The van der Waals surface area contributed by atoms with Crippen LogP contribution in [0.1, 0.15) is 5.56 Å². The topological polar surface area (TPSA) is 75.7 Å². The molecule has 0 saturated carbocycles. The van der Waals surface area contributed by atoms with Crippen LogP contribution in [0.15, 0.2) is 35.4 Å². The van der Waals surface area contributed by atoms with Crippen molar-refractivity contribution in [3.8, 4) is 11.6 Å². The molecule has 1 aliphatic heterocycles. The minimum atomic E-state index is -0.141. The van der Waals surface area contributed by atoms with Gasteiger partial charge in [-0.05, 0) is 36.2 Å². The summed E-state index contributed by atoms with van der Waals surface area (Å²) in [6, 6.07) is 7.20. The molecular weight excluding hydrogens is 376 g/mol. The van der Waals surface area contributed by atoms with E-state index in [1.165, 1.54) is 11.9 Å². The lowest BCUT2D eigenvalue weighted by molar-refractivity contribution is 0.189. The van der Waals surface area contributed by atoms with Crippen molar-refractivity contribution in [2.24, 2.45) is 0 Å². The average molecular weight is 395 g/mol. The molecule has 7 nitrogen and oxygen atoms in total. The zero-order valence-electron chi connectivity index (χ0n) is 14.4. The minimum Gasteiger partial charge on any atom is -0.496 e. The number of urea groups is 1. The monoisotopic (exact) mass is 394 g/mol. The zero-order valence-corrected chi connectivity index (χ0v) is 16.0. The highest BCUT2D eigenvalue weighted by molar-refractivity contribution is 8.00. The molecule has 0 atom stereocenters. The van der Waals surface area contributed by atoms with Gasteiger partial charge in [-0.25, -0.2) is 9.78 Å². The average Bonchev–Trinajstić information content (AvgIpc) is 2.87. The number of rotatable bonds is 4. The van der Waals surface area contributed by atoms with Crippen molar-refractivity contribution in [2.75, 3.05) is 32.0 Å². The minimum absolute atomic E-state index is 0.141. The molecule has 0 fully saturated rings. The maximum atomic E-state index is 11.9. The van der Waals surface area contributed by atoms with Crippen LogP contribution in [0, 0.1) is 0 Å². The molecule has 138 valence electrons. The fourth-order valence-electron chi connectivity index (χ4n) is 2.51. The Morgan fingerprint density at radius 2 is 2.27 bits per heavy atom. The van der Waals surface area contributed by atoms with E-state index >= 15 is 0 Å². The van der Waals surface area contributed by atoms with E-state index in [-0.39, 0.29) is 6.03 Å². The lowest BCUT2D eigenvalue weighted by Gasteiger charge is -2.19. The maximum Gasteiger partial charge on any atom is 0.317 e. The molecule has 2 amide bonds. The van der Waals surface area contributed by atoms with Crippen LogP contribution in [-0.4, -0.2) is 43.2 Å². The summed E-state index contributed by atoms with van der Waals surface area (Å²) in [7, 11) is 3.22. The Labute approximate surface area is 161 Å². The summed E-state index contributed by atoms with van der Waals surface area (Å²) in [5, 5.41) is 3.27. The van der Waals surface area contributed by atoms with Crippen molar-refractivity contribution in [3.63, 3.8) is 0 Å². The van der Waals surface area contributed by atoms with Crippen molar-refractivity contribution in [1.29, 1.82) is 0 Å². The Hall–Kier alpha value is -2.32. The third kappa shape index (κ3) is 4.25. The Bertz CT molecular complexity index is 806. The van der Waals surface area contributed by atoms with Crippen LogP contribution in [0.25, 0.3) is 0 Å². The molecule has 0 spiro atoms. The first-order valence-corrected chi connectivity index (χ1v) is 9.15. The Morgan fingerprint density at radius 1 is 1.42 bits per heavy atom. The molecule has 9 heteroatoms. The molecule has 1 aromatic heterocycles. The third-order valence-corrected chi connectivity index (χ3v) is 4.90. The number of nitrogens with one attached hydrogen (secondary N) is 2. The highest BCUT2D eigenvalue weighted by Gasteiger charge is 2.20. The molecule has 2 N–H and O–H groups in total. The Balaban J connectivity index is 1.76. The van der Waals surface area contributed by atoms with E-state index < -0.39 is 0 Å². The molecule has 0 radical (unpaired) electrons. The fraction of sp³-hybridized carbons (Fsp3) is 0.294. The lowest BCUT2D eigenvalue weighted by Crippen LogP contribution is -2.38. The quantitative estimate of drug-likeness (QED) is 0.774. The van der Waals surface area contributed by atoms with Crippen LogP contribution in [0.5, 0.6) is 11.6 Å². The fourth-order valence-corrected chi connectivity index (χ4v) is 3.52. The molecule has 0 aliphatic carbocycles. The Morgan fingerprint density at radius 3 is 3.04 bits per heavy atom. The Kier molecular flexibility index (Phi) is 5.95. The summed E-state index contributed by atoms with van der Waals surface area (Å²) < 4.78 is 14.2. The van der Waals surface area contributed by atoms with Crippen LogP contribution in [-0.2, 0) is 6.54 Å². The summed E-state index contributed by atoms with van der Waals surface area (Å²) in [5.74, 6) is 1.27. The smallest absolute Gasteiger partial charge is 0.317 e. The van der Waals surface area contributed by atoms with E-state index in [9.17, 15) is 4.79 Å². The van der Waals surface area contributed by atoms with E-state index in [0.717, 1.165) is 21.9 Å². The second-order valence-corrected chi connectivity index (χ2v) is 6.80. The van der Waals surface area contributed by atoms with Crippen LogP contribution in [0.3, 0.4) is 0 Å². The molecule has 1 aromatic carbocycles. The number of benzene rings is 1. The van der Waals surface area contributed by atoms with Crippen LogP contribution in [0.4, 0.5) is 10.5 Å². The lowest BCUT2D eigenvalue weighted by atomic mass is 10.2. The molecule has 0 unspecified atom stereocenters. The maximum absolute atomic E-state index is 11.9. The first-order chi connectivity index (χ1) is 12.6. The van der Waals surface area contributed by atoms with Gasteiger partial charge in [0, 0.05) is 17.6 Å². The van der Waals surface area contributed by atoms with E-state index in [2.05, 4.69) is 15.0 Å². The van der Waals surface area contributed by atoms with Gasteiger partial charge in [-0.15, -0.1) is 0 Å². The molecule has 2 heterocycles. The van der Waals surface area contributed by atoms with Crippen molar-refractivity contribution in [1.82, 2.24) is 15.2 Å². The van der Waals surface area contributed by atoms with Gasteiger partial charge in [0.1, 0.15) is 12.4 Å². The zero-order chi connectivity index (χ0) is 18.5. The van der Waals surface area contributed by atoms with Gasteiger partial charge >= 0.3 is 6.03 Å². The number of anilines is 1. The summed E-state index contributed by atoms with van der Waals surface area (Å²) in [6.07, 6.45) is 1.69. The number of hydrogen-bond donors (Lipinski definition) is 2. The van der Waals surface area contributed by atoms with Gasteiger partial charge in [0.2, 0.25) is 5.88 Å². The summed E-state index contributed by atoms with van der Waals surface area (Å²) in [4.78, 5) is 18.8. The number of nitrogens with zero attached hydrogens (tertiary/aromatic N) is 2. The molecule has 0 saturated heterocycles. The van der Waals surface area contributed by atoms with Crippen LogP contribution in [0.2, 0.25) is 5.02 Å². The number of carbonyl (C=O) groups is 1. The summed E-state index contributed by atoms with van der Waals surface area (Å²) in [5.41, 5.74) is 1.63. The summed E-state index contributed by atoms with van der Waals surface area (Å²) >= 11 is 7.43. The van der Waals surface area contributed by atoms with E-state index in [4.69, 9.17) is 21.1 Å². The largest absolute Gasteiger partial charge is 0.496 e. The van der Waals surface area contributed by atoms with E-state index in [1.807, 2.05) is 18.2 Å². The van der Waals surface area contributed by atoms with Gasteiger partial charge in [0.15, 0.2) is 0 Å². The van der Waals surface area contributed by atoms with Crippen molar-refractivity contribution >= 4 is 35.3 Å². The third-order valence-electron chi connectivity index (χ3n) is 3.79. The molecule has 2 aromatic rings. The van der Waals surface area contributed by atoms with Crippen molar-refractivity contribution < 1.29 is 14.3 Å². The molecule has 3 rings (SSSR count). The van der Waals surface area contributed by atoms with Crippen LogP contribution < -0.4 is 19.5 Å². The predicted octanol–water partition coefficient (Wildman–Crippen LogP) is 3.40. The number of carbonyl (C=O) groups excluding carboxylic acids is 1. The van der Waals surface area contributed by atoms with Gasteiger partial charge < -0.3 is 24.4 Å². The number of aromatic nitrogens is 1. The molecule has 1 aliphatic rings. The van der Waals surface area contributed by atoms with E-state index in [0.29, 0.717) is 30.6 Å². The van der Waals surface area contributed by atoms with Crippen LogP contribution >= 0.6 is 23.5 Å². The second-order valence-electron chi connectivity index (χ2n) is 5.51. The standard InChI is InChI=1S/C17H19ClN4O3S/c1-19-17(23)22-5-6-25-16-11(10-22)7-13(9-20-16)21-26-15-8-12(18)3-4-14(15)24-2/h3-4,7-9,21H,5-6,10H2,1-2H3,(H,19,23). The second kappa shape index (κ2) is 8.37. The number of amides is 2. The van der Waals surface area contributed by atoms with Gasteiger partial charge in [-0.2, -0.15) is 0 Å². The van der Waals surface area contributed by atoms with Crippen molar-refractivity contribution in [2.45, 2.75) is 11.4 Å². The van der Waals surface area contributed by atoms with E-state index in [1.54, 1.807) is 31.3 Å². The van der Waals surface area contributed by atoms with Gasteiger partial charge in [-0.3, -0.25) is 0 Å². The highest BCUT2D eigenvalue weighted by atomic mass is 35.5. The van der Waals surface area contributed by atoms with Crippen molar-refractivity contribution in [3.05, 3.63) is 41.0 Å². The normalized spacial score (nSPS) is 13.3. The first kappa shape index (κ1) is 18.5. The number of pyridine rings is 1. The highest BCUT2D eigenvalue weighted by Crippen LogP contribution is 2.33.